The molecule has 0 fully saturated rings. The van der Waals surface area contributed by atoms with E-state index in [-0.39, 0.29) is 24.2 Å². The van der Waals surface area contributed by atoms with Gasteiger partial charge in [-0.1, -0.05) is 17.4 Å². The first-order valence-electron chi connectivity index (χ1n) is 9.20. The monoisotopic (exact) mass is 421 g/mol. The van der Waals surface area contributed by atoms with E-state index >= 15 is 0 Å². The van der Waals surface area contributed by atoms with Crippen LogP contribution in [-0.4, -0.2) is 39.6 Å². The molecule has 0 radical (unpaired) electrons. The molecule has 4 rings (SSSR count). The Bertz CT molecular complexity index is 1170. The SMILES string of the molecule is CNC(=O)c1cc(Oc2ccc3nc(NC(CO)c4cccnc4)sc3c2)ccn1. The number of benzene rings is 1. The van der Waals surface area contributed by atoms with Crippen LogP contribution in [-0.2, 0) is 0 Å². The molecule has 1 amide bonds. The summed E-state index contributed by atoms with van der Waals surface area (Å²) in [7, 11) is 1.55. The lowest BCUT2D eigenvalue weighted by molar-refractivity contribution is 0.0958. The molecule has 1 aromatic carbocycles. The number of carbonyl (C=O) groups excluding carboxylic acids is 1. The fourth-order valence-electron chi connectivity index (χ4n) is 2.86. The van der Waals surface area contributed by atoms with E-state index in [4.69, 9.17) is 4.74 Å². The Morgan fingerprint density at radius 1 is 1.20 bits per heavy atom. The Labute approximate surface area is 176 Å². The summed E-state index contributed by atoms with van der Waals surface area (Å²) >= 11 is 1.46. The number of nitrogens with zero attached hydrogens (tertiary/aromatic N) is 3. The van der Waals surface area contributed by atoms with Crippen molar-refractivity contribution in [3.05, 3.63) is 72.3 Å². The molecule has 3 heterocycles. The number of thiazole rings is 1. The molecule has 0 saturated heterocycles. The van der Waals surface area contributed by atoms with Gasteiger partial charge in [0.2, 0.25) is 0 Å². The second kappa shape index (κ2) is 8.85. The number of amides is 1. The van der Waals surface area contributed by atoms with E-state index in [0.29, 0.717) is 16.6 Å². The molecule has 30 heavy (non-hydrogen) atoms. The molecule has 0 aliphatic heterocycles. The first kappa shape index (κ1) is 19.7. The van der Waals surface area contributed by atoms with Gasteiger partial charge in [-0.05, 0) is 29.8 Å². The third kappa shape index (κ3) is 4.37. The number of aliphatic hydroxyl groups is 1. The summed E-state index contributed by atoms with van der Waals surface area (Å²) in [5.74, 6) is 0.863. The Kier molecular flexibility index (Phi) is 5.82. The van der Waals surface area contributed by atoms with Crippen LogP contribution in [0, 0.1) is 0 Å². The lowest BCUT2D eigenvalue weighted by Gasteiger charge is -2.15. The van der Waals surface area contributed by atoms with Crippen LogP contribution in [0.1, 0.15) is 22.1 Å². The van der Waals surface area contributed by atoms with Crippen LogP contribution in [0.4, 0.5) is 5.13 Å². The minimum Gasteiger partial charge on any atom is -0.457 e. The maximum atomic E-state index is 11.7. The van der Waals surface area contributed by atoms with Gasteiger partial charge in [-0.15, -0.1) is 0 Å². The molecule has 1 unspecified atom stereocenters. The Hall–Kier alpha value is -3.56. The van der Waals surface area contributed by atoms with Gasteiger partial charge in [0.1, 0.15) is 17.2 Å². The molecule has 0 spiro atoms. The van der Waals surface area contributed by atoms with E-state index in [1.807, 2.05) is 30.3 Å². The topological polar surface area (TPSA) is 109 Å². The first-order valence-corrected chi connectivity index (χ1v) is 10.0. The number of aliphatic hydroxyl groups excluding tert-OH is 1. The second-order valence-corrected chi connectivity index (χ2v) is 7.40. The van der Waals surface area contributed by atoms with E-state index in [1.54, 1.807) is 31.6 Å². The highest BCUT2D eigenvalue weighted by Gasteiger charge is 2.14. The van der Waals surface area contributed by atoms with Crippen LogP contribution < -0.4 is 15.4 Å². The molecule has 0 saturated carbocycles. The van der Waals surface area contributed by atoms with Crippen LogP contribution in [0.15, 0.2) is 61.1 Å². The van der Waals surface area contributed by atoms with Crippen LogP contribution >= 0.6 is 11.3 Å². The summed E-state index contributed by atoms with van der Waals surface area (Å²) in [4.78, 5) is 24.5. The van der Waals surface area contributed by atoms with Crippen molar-refractivity contribution in [3.63, 3.8) is 0 Å². The summed E-state index contributed by atoms with van der Waals surface area (Å²) in [5.41, 5.74) is 1.98. The maximum Gasteiger partial charge on any atom is 0.269 e. The molecule has 0 aliphatic carbocycles. The van der Waals surface area contributed by atoms with Gasteiger partial charge in [-0.2, -0.15) is 0 Å². The zero-order chi connectivity index (χ0) is 20.9. The summed E-state index contributed by atoms with van der Waals surface area (Å²) in [6, 6.07) is 12.3. The number of hydrogen-bond donors (Lipinski definition) is 3. The van der Waals surface area contributed by atoms with Gasteiger partial charge < -0.3 is 20.5 Å². The normalized spacial score (nSPS) is 11.8. The summed E-state index contributed by atoms with van der Waals surface area (Å²) in [6.07, 6.45) is 4.94. The smallest absolute Gasteiger partial charge is 0.269 e. The zero-order valence-electron chi connectivity index (χ0n) is 16.1. The third-order valence-electron chi connectivity index (χ3n) is 4.35. The number of ether oxygens (including phenoxy) is 1. The predicted molar refractivity (Wildman–Crippen MR) is 115 cm³/mol. The Balaban J connectivity index is 1.53. The number of nitrogens with one attached hydrogen (secondary N) is 2. The van der Waals surface area contributed by atoms with Gasteiger partial charge in [0, 0.05) is 37.8 Å². The van der Waals surface area contributed by atoms with Crippen molar-refractivity contribution in [2.75, 3.05) is 19.0 Å². The molecule has 0 bridgehead atoms. The van der Waals surface area contributed by atoms with Crippen molar-refractivity contribution >= 4 is 32.6 Å². The van der Waals surface area contributed by atoms with Crippen LogP contribution in [0.5, 0.6) is 11.5 Å². The number of aromatic nitrogens is 3. The lowest BCUT2D eigenvalue weighted by atomic mass is 10.1. The molecule has 0 aliphatic rings. The van der Waals surface area contributed by atoms with Crippen LogP contribution in [0.3, 0.4) is 0 Å². The first-order chi connectivity index (χ1) is 14.7. The van der Waals surface area contributed by atoms with Crippen molar-refractivity contribution < 1.29 is 14.6 Å². The number of carbonyl (C=O) groups is 1. The second-order valence-electron chi connectivity index (χ2n) is 6.37. The zero-order valence-corrected chi connectivity index (χ0v) is 16.9. The van der Waals surface area contributed by atoms with E-state index in [0.717, 1.165) is 15.8 Å². The summed E-state index contributed by atoms with van der Waals surface area (Å²) < 4.78 is 6.82. The van der Waals surface area contributed by atoms with Gasteiger partial charge >= 0.3 is 0 Å². The minimum atomic E-state index is -0.296. The average Bonchev–Trinajstić information content (AvgIpc) is 3.19. The summed E-state index contributed by atoms with van der Waals surface area (Å²) in [5, 5.41) is 16.2. The summed E-state index contributed by atoms with van der Waals surface area (Å²) in [6.45, 7) is -0.0777. The molecular formula is C21H19N5O3S. The van der Waals surface area contributed by atoms with Gasteiger partial charge in [0.05, 0.1) is 22.9 Å². The van der Waals surface area contributed by atoms with Gasteiger partial charge in [0.15, 0.2) is 5.13 Å². The fourth-order valence-corrected chi connectivity index (χ4v) is 3.81. The molecular weight excluding hydrogens is 402 g/mol. The van der Waals surface area contributed by atoms with Gasteiger partial charge in [0.25, 0.3) is 5.91 Å². The number of hydrogen-bond acceptors (Lipinski definition) is 8. The highest BCUT2D eigenvalue weighted by atomic mass is 32.1. The lowest BCUT2D eigenvalue weighted by Crippen LogP contribution is -2.18. The maximum absolute atomic E-state index is 11.7. The predicted octanol–water partition coefficient (Wildman–Crippen LogP) is 3.38. The Morgan fingerprint density at radius 2 is 2.07 bits per heavy atom. The number of fused-ring (bicyclic) bond motifs is 1. The molecule has 4 aromatic rings. The quantitative estimate of drug-likeness (QED) is 0.420. The van der Waals surface area contributed by atoms with Crippen molar-refractivity contribution in [2.45, 2.75) is 6.04 Å². The highest BCUT2D eigenvalue weighted by molar-refractivity contribution is 7.22. The average molecular weight is 421 g/mol. The van der Waals surface area contributed by atoms with Gasteiger partial charge in [-0.3, -0.25) is 14.8 Å². The standard InChI is InChI=1S/C21H19N5O3S/c1-22-20(28)17-9-15(6-8-24-17)29-14-4-5-16-19(10-14)30-21(25-16)26-18(12-27)13-3-2-7-23-11-13/h2-11,18,27H,12H2,1H3,(H,22,28)(H,25,26). The number of anilines is 1. The van der Waals surface area contributed by atoms with E-state index in [1.165, 1.54) is 17.5 Å². The molecule has 3 N–H and O–H groups in total. The van der Waals surface area contributed by atoms with E-state index in [9.17, 15) is 9.90 Å². The van der Waals surface area contributed by atoms with Crippen molar-refractivity contribution in [1.82, 2.24) is 20.3 Å². The van der Waals surface area contributed by atoms with Gasteiger partial charge in [-0.25, -0.2) is 4.98 Å². The van der Waals surface area contributed by atoms with E-state index < -0.39 is 0 Å². The number of rotatable bonds is 7. The fraction of sp³-hybridized carbons (Fsp3) is 0.143. The molecule has 152 valence electrons. The molecule has 3 aromatic heterocycles. The highest BCUT2D eigenvalue weighted by Crippen LogP contribution is 2.32. The number of pyridine rings is 2. The minimum absolute atomic E-state index is 0.0777. The third-order valence-corrected chi connectivity index (χ3v) is 5.30. The molecule has 9 heteroatoms. The Morgan fingerprint density at radius 3 is 2.83 bits per heavy atom. The van der Waals surface area contributed by atoms with Crippen molar-refractivity contribution in [3.8, 4) is 11.5 Å². The molecule has 1 atom stereocenters. The van der Waals surface area contributed by atoms with Crippen molar-refractivity contribution in [2.24, 2.45) is 0 Å². The largest absolute Gasteiger partial charge is 0.457 e. The van der Waals surface area contributed by atoms with E-state index in [2.05, 4.69) is 25.6 Å². The van der Waals surface area contributed by atoms with Crippen molar-refractivity contribution in [1.29, 1.82) is 0 Å². The van der Waals surface area contributed by atoms with Crippen LogP contribution in [0.25, 0.3) is 10.2 Å². The van der Waals surface area contributed by atoms with Crippen LogP contribution in [0.2, 0.25) is 0 Å². The molecule has 8 nitrogen and oxygen atoms in total.